The van der Waals surface area contributed by atoms with Gasteiger partial charge in [-0.1, -0.05) is 0 Å². The van der Waals surface area contributed by atoms with E-state index in [9.17, 15) is 4.39 Å². The Kier molecular flexibility index (Phi) is 3.75. The number of hydrogen-bond acceptors (Lipinski definition) is 5. The Labute approximate surface area is 116 Å². The van der Waals surface area contributed by atoms with Crippen LogP contribution in [0.4, 0.5) is 10.2 Å². The molecule has 3 rings (SSSR count). The van der Waals surface area contributed by atoms with Gasteiger partial charge < -0.3 is 14.4 Å². The Morgan fingerprint density at radius 1 is 1.35 bits per heavy atom. The van der Waals surface area contributed by atoms with Gasteiger partial charge in [0.25, 0.3) is 0 Å². The molecule has 106 valence electrons. The molecule has 0 unspecified atom stereocenters. The van der Waals surface area contributed by atoms with Crippen molar-refractivity contribution >= 4 is 16.7 Å². The quantitative estimate of drug-likeness (QED) is 0.853. The summed E-state index contributed by atoms with van der Waals surface area (Å²) in [5.74, 6) is 0.470. The number of aromatic nitrogens is 2. The molecule has 1 atom stereocenters. The van der Waals surface area contributed by atoms with Gasteiger partial charge in [-0.3, -0.25) is 0 Å². The fourth-order valence-electron chi connectivity index (χ4n) is 2.35. The lowest BCUT2D eigenvalue weighted by Gasteiger charge is -2.28. The lowest BCUT2D eigenvalue weighted by molar-refractivity contribution is -0.0837. The lowest BCUT2D eigenvalue weighted by Crippen LogP contribution is -2.38. The first-order valence-electron chi connectivity index (χ1n) is 6.55. The van der Waals surface area contributed by atoms with Crippen LogP contribution in [0.1, 0.15) is 0 Å². The van der Waals surface area contributed by atoms with Crippen LogP contribution in [0.2, 0.25) is 0 Å². The highest BCUT2D eigenvalue weighted by molar-refractivity contribution is 5.89. The molecule has 1 fully saturated rings. The summed E-state index contributed by atoms with van der Waals surface area (Å²) in [6, 6.07) is 4.53. The van der Waals surface area contributed by atoms with Crippen molar-refractivity contribution in [3.8, 4) is 0 Å². The Hall–Kier alpha value is -1.79. The van der Waals surface area contributed by atoms with Gasteiger partial charge in [-0.15, -0.1) is 0 Å². The summed E-state index contributed by atoms with van der Waals surface area (Å²) in [5.41, 5.74) is 0.600. The second kappa shape index (κ2) is 5.68. The maximum Gasteiger partial charge on any atom is 0.139 e. The third-order valence-corrected chi connectivity index (χ3v) is 3.30. The van der Waals surface area contributed by atoms with E-state index >= 15 is 0 Å². The molecule has 0 spiro atoms. The number of rotatable bonds is 3. The number of fused-ring (bicyclic) bond motifs is 1. The number of likely N-dealkylation sites (N-methyl/N-ethyl adjacent to an activating group) is 1. The molecule has 1 aliphatic rings. The van der Waals surface area contributed by atoms with Crippen LogP contribution in [0.3, 0.4) is 0 Å². The number of hydrogen-bond donors (Lipinski definition) is 0. The molecule has 2 heterocycles. The molecule has 2 aromatic rings. The molecule has 0 amide bonds. The first-order valence-corrected chi connectivity index (χ1v) is 6.55. The summed E-state index contributed by atoms with van der Waals surface area (Å²) in [4.78, 5) is 10.4. The molecule has 1 aromatic carbocycles. The number of nitrogens with zero attached hydrogens (tertiary/aromatic N) is 3. The van der Waals surface area contributed by atoms with E-state index in [4.69, 9.17) is 9.47 Å². The predicted octanol–water partition coefficient (Wildman–Crippen LogP) is 1.62. The van der Waals surface area contributed by atoms with Crippen LogP contribution in [0.15, 0.2) is 24.5 Å². The van der Waals surface area contributed by atoms with Gasteiger partial charge in [0.15, 0.2) is 0 Å². The van der Waals surface area contributed by atoms with Crippen LogP contribution in [0, 0.1) is 5.82 Å². The minimum absolute atomic E-state index is 0.0270. The van der Waals surface area contributed by atoms with Gasteiger partial charge in [-0.25, -0.2) is 14.4 Å². The van der Waals surface area contributed by atoms with Crippen molar-refractivity contribution < 1.29 is 13.9 Å². The van der Waals surface area contributed by atoms with Crippen LogP contribution in [0.25, 0.3) is 10.9 Å². The molecule has 0 radical (unpaired) electrons. The molecule has 6 heteroatoms. The van der Waals surface area contributed by atoms with Crippen LogP contribution < -0.4 is 4.90 Å². The van der Waals surface area contributed by atoms with Crippen molar-refractivity contribution in [1.29, 1.82) is 0 Å². The first-order chi connectivity index (χ1) is 9.74. The minimum Gasteiger partial charge on any atom is -0.376 e. The highest BCUT2D eigenvalue weighted by atomic mass is 19.1. The maximum absolute atomic E-state index is 13.2. The van der Waals surface area contributed by atoms with E-state index < -0.39 is 0 Å². The van der Waals surface area contributed by atoms with Crippen LogP contribution >= 0.6 is 0 Å². The van der Waals surface area contributed by atoms with Gasteiger partial charge in [0.1, 0.15) is 18.0 Å². The zero-order valence-corrected chi connectivity index (χ0v) is 11.3. The number of benzene rings is 1. The smallest absolute Gasteiger partial charge is 0.139 e. The molecule has 0 saturated carbocycles. The van der Waals surface area contributed by atoms with Crippen LogP contribution in [-0.2, 0) is 9.47 Å². The van der Waals surface area contributed by atoms with Crippen molar-refractivity contribution in [1.82, 2.24) is 9.97 Å². The highest BCUT2D eigenvalue weighted by Crippen LogP contribution is 2.23. The third kappa shape index (κ3) is 2.71. The summed E-state index contributed by atoms with van der Waals surface area (Å²) in [6.45, 7) is 2.52. The maximum atomic E-state index is 13.2. The number of halogens is 1. The molecule has 20 heavy (non-hydrogen) atoms. The van der Waals surface area contributed by atoms with Crippen molar-refractivity contribution in [2.75, 3.05) is 38.3 Å². The number of ether oxygens (including phenoxy) is 2. The number of anilines is 1. The average molecular weight is 277 g/mol. The zero-order valence-electron chi connectivity index (χ0n) is 11.3. The van der Waals surface area contributed by atoms with E-state index in [1.54, 1.807) is 6.07 Å². The van der Waals surface area contributed by atoms with Crippen LogP contribution in [-0.4, -0.2) is 49.5 Å². The van der Waals surface area contributed by atoms with Gasteiger partial charge in [0.2, 0.25) is 0 Å². The third-order valence-electron chi connectivity index (χ3n) is 3.30. The summed E-state index contributed by atoms with van der Waals surface area (Å²) in [6.07, 6.45) is 1.48. The van der Waals surface area contributed by atoms with Gasteiger partial charge >= 0.3 is 0 Å². The first kappa shape index (κ1) is 13.2. The summed E-state index contributed by atoms with van der Waals surface area (Å²) in [5, 5.41) is 0.827. The summed E-state index contributed by atoms with van der Waals surface area (Å²) in [7, 11) is 1.93. The van der Waals surface area contributed by atoms with Crippen molar-refractivity contribution in [3.05, 3.63) is 30.3 Å². The molecule has 0 aliphatic carbocycles. The molecule has 5 nitrogen and oxygen atoms in total. The highest BCUT2D eigenvalue weighted by Gasteiger charge is 2.18. The summed E-state index contributed by atoms with van der Waals surface area (Å²) >= 11 is 0. The van der Waals surface area contributed by atoms with Crippen molar-refractivity contribution in [2.45, 2.75) is 6.10 Å². The molecule has 1 aliphatic heterocycles. The average Bonchev–Trinajstić information content (AvgIpc) is 2.47. The molecular formula is C14H16FN3O2. The molecule has 0 N–H and O–H groups in total. The van der Waals surface area contributed by atoms with E-state index in [0.717, 1.165) is 11.2 Å². The van der Waals surface area contributed by atoms with Crippen LogP contribution in [0.5, 0.6) is 0 Å². The summed E-state index contributed by atoms with van der Waals surface area (Å²) < 4.78 is 24.3. The van der Waals surface area contributed by atoms with Gasteiger partial charge in [-0.2, -0.15) is 0 Å². The fourth-order valence-corrected chi connectivity index (χ4v) is 2.35. The van der Waals surface area contributed by atoms with E-state index in [2.05, 4.69) is 9.97 Å². The van der Waals surface area contributed by atoms with Crippen molar-refractivity contribution in [2.24, 2.45) is 0 Å². The lowest BCUT2D eigenvalue weighted by atomic mass is 10.2. The van der Waals surface area contributed by atoms with E-state index in [-0.39, 0.29) is 11.9 Å². The topological polar surface area (TPSA) is 47.5 Å². The Bertz CT molecular complexity index is 602. The van der Waals surface area contributed by atoms with E-state index in [1.165, 1.54) is 18.5 Å². The van der Waals surface area contributed by atoms with E-state index in [1.807, 2.05) is 11.9 Å². The second-order valence-corrected chi connectivity index (χ2v) is 4.81. The zero-order chi connectivity index (χ0) is 13.9. The molecular weight excluding hydrogens is 261 g/mol. The van der Waals surface area contributed by atoms with E-state index in [0.29, 0.717) is 31.9 Å². The largest absolute Gasteiger partial charge is 0.376 e. The second-order valence-electron chi connectivity index (χ2n) is 4.81. The SMILES string of the molecule is CN(C[C@H]1COCCO1)c1ncnc2cc(F)ccc12. The van der Waals surface area contributed by atoms with Gasteiger partial charge in [0.05, 0.1) is 31.4 Å². The van der Waals surface area contributed by atoms with Gasteiger partial charge in [0, 0.05) is 25.0 Å². The van der Waals surface area contributed by atoms with Crippen molar-refractivity contribution in [3.63, 3.8) is 0 Å². The molecule has 1 saturated heterocycles. The standard InChI is InChI=1S/C14H16FN3O2/c1-18(7-11-8-19-4-5-20-11)14-12-3-2-10(15)6-13(12)16-9-17-14/h2-3,6,9,11H,4-5,7-8H2,1H3/t11-/m0/s1. The Morgan fingerprint density at radius 3 is 3.05 bits per heavy atom. The molecule has 0 bridgehead atoms. The predicted molar refractivity (Wildman–Crippen MR) is 73.3 cm³/mol. The monoisotopic (exact) mass is 277 g/mol. The normalized spacial score (nSPS) is 19.2. The van der Waals surface area contributed by atoms with Gasteiger partial charge in [-0.05, 0) is 12.1 Å². The minimum atomic E-state index is -0.297. The fraction of sp³-hybridized carbons (Fsp3) is 0.429. The molecule has 1 aromatic heterocycles. The Morgan fingerprint density at radius 2 is 2.25 bits per heavy atom. The Balaban J connectivity index is 1.85.